The van der Waals surface area contributed by atoms with Crippen LogP contribution in [-0.4, -0.2) is 11.9 Å². The van der Waals surface area contributed by atoms with Crippen LogP contribution in [0.2, 0.25) is 0 Å². The molecule has 3 aromatic rings. The Bertz CT molecular complexity index is 952. The van der Waals surface area contributed by atoms with Crippen molar-refractivity contribution >= 4 is 28.1 Å². The molecule has 0 unspecified atom stereocenters. The molecule has 1 aliphatic heterocycles. The highest BCUT2D eigenvalue weighted by Gasteiger charge is 2.14. The highest BCUT2D eigenvalue weighted by molar-refractivity contribution is 7.80. The minimum Gasteiger partial charge on any atom is -0.454 e. The zero-order valence-electron chi connectivity index (χ0n) is 14.5. The molecule has 5 heteroatoms. The summed E-state index contributed by atoms with van der Waals surface area (Å²) in [4.78, 5) is 0. The maximum atomic E-state index is 5.47. The lowest BCUT2D eigenvalue weighted by molar-refractivity contribution is 0.174. The molecule has 0 fully saturated rings. The number of thiocarbonyl (C=S) groups is 1. The molecule has 4 nitrogen and oxygen atoms in total. The Balaban J connectivity index is 1.40. The SMILES string of the molecule is C[C@@H](NC(=S)NCc1ccc2c(c1)OCO2)c1cccc2ccccc12. The standard InChI is InChI=1S/C21H20N2O2S/c1-14(17-8-4-6-16-5-2-3-7-18(16)17)23-21(26)22-12-15-9-10-19-20(11-15)25-13-24-19/h2-11,14H,12-13H2,1H3,(H2,22,23,26)/t14-/m1/s1. The van der Waals surface area contributed by atoms with E-state index in [1.54, 1.807) is 0 Å². The number of fused-ring (bicyclic) bond motifs is 2. The third-order valence-corrected chi connectivity index (χ3v) is 4.79. The molecule has 1 heterocycles. The van der Waals surface area contributed by atoms with Crippen molar-refractivity contribution in [3.05, 3.63) is 71.8 Å². The third kappa shape index (κ3) is 3.44. The third-order valence-electron chi connectivity index (χ3n) is 4.53. The Morgan fingerprint density at radius 1 is 1.04 bits per heavy atom. The van der Waals surface area contributed by atoms with Crippen LogP contribution in [-0.2, 0) is 6.54 Å². The Labute approximate surface area is 158 Å². The lowest BCUT2D eigenvalue weighted by Gasteiger charge is -2.19. The van der Waals surface area contributed by atoms with E-state index in [0.717, 1.165) is 17.1 Å². The molecule has 0 amide bonds. The monoisotopic (exact) mass is 364 g/mol. The lowest BCUT2D eigenvalue weighted by Crippen LogP contribution is -2.36. The van der Waals surface area contributed by atoms with Gasteiger partial charge in [-0.3, -0.25) is 0 Å². The first-order valence-electron chi connectivity index (χ1n) is 8.61. The van der Waals surface area contributed by atoms with E-state index < -0.39 is 0 Å². The zero-order chi connectivity index (χ0) is 17.9. The van der Waals surface area contributed by atoms with Gasteiger partial charge < -0.3 is 20.1 Å². The minimum atomic E-state index is 0.109. The molecule has 0 saturated carbocycles. The summed E-state index contributed by atoms with van der Waals surface area (Å²) >= 11 is 5.47. The van der Waals surface area contributed by atoms with Gasteiger partial charge in [0.25, 0.3) is 0 Å². The van der Waals surface area contributed by atoms with Crippen LogP contribution in [0, 0.1) is 0 Å². The van der Waals surface area contributed by atoms with E-state index >= 15 is 0 Å². The molecular formula is C21H20N2O2S. The van der Waals surface area contributed by atoms with Crippen LogP contribution in [0.25, 0.3) is 10.8 Å². The van der Waals surface area contributed by atoms with Gasteiger partial charge in [0.2, 0.25) is 6.79 Å². The van der Waals surface area contributed by atoms with Crippen molar-refractivity contribution in [3.63, 3.8) is 0 Å². The topological polar surface area (TPSA) is 42.5 Å². The number of rotatable bonds is 4. The van der Waals surface area contributed by atoms with Crippen molar-refractivity contribution in [2.45, 2.75) is 19.5 Å². The molecule has 3 aromatic carbocycles. The van der Waals surface area contributed by atoms with E-state index in [9.17, 15) is 0 Å². The van der Waals surface area contributed by atoms with Gasteiger partial charge in [0.1, 0.15) is 0 Å². The van der Waals surface area contributed by atoms with E-state index in [4.69, 9.17) is 21.7 Å². The molecular weight excluding hydrogens is 344 g/mol. The van der Waals surface area contributed by atoms with Crippen molar-refractivity contribution < 1.29 is 9.47 Å². The quantitative estimate of drug-likeness (QED) is 0.676. The second-order valence-corrected chi connectivity index (χ2v) is 6.71. The number of benzene rings is 3. The molecule has 4 rings (SSSR count). The fourth-order valence-electron chi connectivity index (χ4n) is 3.19. The molecule has 0 spiro atoms. The van der Waals surface area contributed by atoms with Gasteiger partial charge in [-0.2, -0.15) is 0 Å². The molecule has 132 valence electrons. The van der Waals surface area contributed by atoms with E-state index in [1.165, 1.54) is 16.3 Å². The molecule has 0 saturated heterocycles. The van der Waals surface area contributed by atoms with E-state index in [0.29, 0.717) is 11.7 Å². The van der Waals surface area contributed by atoms with E-state index in [-0.39, 0.29) is 12.8 Å². The van der Waals surface area contributed by atoms with Gasteiger partial charge in [0, 0.05) is 6.54 Å². The summed E-state index contributed by atoms with van der Waals surface area (Å²) in [6.45, 7) is 3.04. The van der Waals surface area contributed by atoms with Gasteiger partial charge in [-0.05, 0) is 53.2 Å². The van der Waals surface area contributed by atoms with Crippen LogP contribution in [0.5, 0.6) is 11.5 Å². The van der Waals surface area contributed by atoms with Crippen LogP contribution in [0.1, 0.15) is 24.1 Å². The van der Waals surface area contributed by atoms with Gasteiger partial charge in [0.15, 0.2) is 16.6 Å². The summed E-state index contributed by atoms with van der Waals surface area (Å²) in [5, 5.41) is 9.74. The van der Waals surface area contributed by atoms with Crippen LogP contribution >= 0.6 is 12.2 Å². The molecule has 1 atom stereocenters. The van der Waals surface area contributed by atoms with Gasteiger partial charge in [-0.1, -0.05) is 48.5 Å². The predicted molar refractivity (Wildman–Crippen MR) is 108 cm³/mol. The maximum absolute atomic E-state index is 5.47. The molecule has 1 aliphatic rings. The second kappa shape index (κ2) is 7.22. The zero-order valence-corrected chi connectivity index (χ0v) is 15.3. The Morgan fingerprint density at radius 2 is 1.85 bits per heavy atom. The van der Waals surface area contributed by atoms with Crippen LogP contribution in [0.4, 0.5) is 0 Å². The number of hydrogen-bond acceptors (Lipinski definition) is 3. The largest absolute Gasteiger partial charge is 0.454 e. The molecule has 26 heavy (non-hydrogen) atoms. The average molecular weight is 364 g/mol. The van der Waals surface area contributed by atoms with Crippen molar-refractivity contribution in [2.24, 2.45) is 0 Å². The van der Waals surface area contributed by atoms with Gasteiger partial charge in [0.05, 0.1) is 6.04 Å². The summed E-state index contributed by atoms with van der Waals surface area (Å²) in [5.41, 5.74) is 2.33. The number of ether oxygens (including phenoxy) is 2. The van der Waals surface area contributed by atoms with Crippen LogP contribution in [0.3, 0.4) is 0 Å². The fourth-order valence-corrected chi connectivity index (χ4v) is 3.44. The molecule has 2 N–H and O–H groups in total. The van der Waals surface area contributed by atoms with Crippen molar-refractivity contribution in [1.82, 2.24) is 10.6 Å². The summed E-state index contributed by atoms with van der Waals surface area (Å²) < 4.78 is 10.7. The molecule has 0 bridgehead atoms. The Hall–Kier alpha value is -2.79. The highest BCUT2D eigenvalue weighted by Crippen LogP contribution is 2.32. The van der Waals surface area contributed by atoms with Crippen molar-refractivity contribution in [1.29, 1.82) is 0 Å². The summed E-state index contributed by atoms with van der Waals surface area (Å²) in [5.74, 6) is 1.58. The normalized spacial score (nSPS) is 13.4. The van der Waals surface area contributed by atoms with Crippen molar-refractivity contribution in [3.8, 4) is 11.5 Å². The number of hydrogen-bond donors (Lipinski definition) is 2. The van der Waals surface area contributed by atoms with Crippen molar-refractivity contribution in [2.75, 3.05) is 6.79 Å². The second-order valence-electron chi connectivity index (χ2n) is 6.30. The summed E-state index contributed by atoms with van der Waals surface area (Å²) in [6, 6.07) is 20.8. The maximum Gasteiger partial charge on any atom is 0.231 e. The average Bonchev–Trinajstić information content (AvgIpc) is 3.13. The van der Waals surface area contributed by atoms with Gasteiger partial charge in [-0.25, -0.2) is 0 Å². The highest BCUT2D eigenvalue weighted by atomic mass is 32.1. The number of nitrogens with one attached hydrogen (secondary N) is 2. The first-order valence-corrected chi connectivity index (χ1v) is 9.02. The van der Waals surface area contributed by atoms with E-state index in [2.05, 4.69) is 60.0 Å². The Morgan fingerprint density at radius 3 is 2.77 bits per heavy atom. The fraction of sp³-hybridized carbons (Fsp3) is 0.190. The Kier molecular flexibility index (Phi) is 4.63. The summed E-state index contributed by atoms with van der Waals surface area (Å²) in [7, 11) is 0. The first kappa shape index (κ1) is 16.7. The lowest BCUT2D eigenvalue weighted by atomic mass is 10.00. The first-order chi connectivity index (χ1) is 12.7. The molecule has 0 aliphatic carbocycles. The predicted octanol–water partition coefficient (Wildman–Crippen LogP) is 4.29. The molecule has 0 radical (unpaired) electrons. The molecule has 0 aromatic heterocycles. The van der Waals surface area contributed by atoms with E-state index in [1.807, 2.05) is 18.2 Å². The smallest absolute Gasteiger partial charge is 0.231 e. The van der Waals surface area contributed by atoms with Gasteiger partial charge >= 0.3 is 0 Å². The summed E-state index contributed by atoms with van der Waals surface area (Å²) in [6.07, 6.45) is 0. The van der Waals surface area contributed by atoms with Crippen LogP contribution < -0.4 is 20.1 Å². The van der Waals surface area contributed by atoms with Crippen LogP contribution in [0.15, 0.2) is 60.7 Å². The minimum absolute atomic E-state index is 0.109. The van der Waals surface area contributed by atoms with Gasteiger partial charge in [-0.15, -0.1) is 0 Å².